The van der Waals surface area contributed by atoms with E-state index >= 15 is 0 Å². The largest absolute Gasteiger partial charge is 0.468 e. The highest BCUT2D eigenvalue weighted by Gasteiger charge is 2.23. The fourth-order valence-corrected chi connectivity index (χ4v) is 1.63. The van der Waals surface area contributed by atoms with Crippen molar-refractivity contribution in [3.63, 3.8) is 0 Å². The number of ketones is 1. The standard InChI is InChI=1S/C11H19NO3.C3H6O2/c1-11(2,3)15-10(14)12-8-4-6-9(13)7-5-8;1-2-5-3-4/h8H,4-7H2,1-3H3,(H,12,14);3H,2H2,1H3. The maximum Gasteiger partial charge on any atom is 0.407 e. The summed E-state index contributed by atoms with van der Waals surface area (Å²) >= 11 is 0. The molecule has 0 spiro atoms. The van der Waals surface area contributed by atoms with Crippen molar-refractivity contribution in [2.24, 2.45) is 0 Å². The Morgan fingerprint density at radius 1 is 1.35 bits per heavy atom. The molecule has 0 saturated heterocycles. The van der Waals surface area contributed by atoms with Crippen LogP contribution in [-0.4, -0.2) is 36.6 Å². The zero-order valence-electron chi connectivity index (χ0n) is 12.7. The summed E-state index contributed by atoms with van der Waals surface area (Å²) in [5.74, 6) is 0.289. The second kappa shape index (κ2) is 9.34. The fraction of sp³-hybridized carbons (Fsp3) is 0.786. The molecule has 1 aliphatic rings. The Balaban J connectivity index is 0.000000621. The summed E-state index contributed by atoms with van der Waals surface area (Å²) in [4.78, 5) is 31.6. The van der Waals surface area contributed by atoms with Crippen molar-refractivity contribution in [3.05, 3.63) is 0 Å². The summed E-state index contributed by atoms with van der Waals surface area (Å²) in [7, 11) is 0. The zero-order valence-corrected chi connectivity index (χ0v) is 12.7. The summed E-state index contributed by atoms with van der Waals surface area (Å²) in [6, 6.07) is 0.0950. The molecule has 0 aliphatic heterocycles. The maximum absolute atomic E-state index is 11.4. The molecule has 1 saturated carbocycles. The van der Waals surface area contributed by atoms with E-state index in [1.165, 1.54) is 0 Å². The van der Waals surface area contributed by atoms with E-state index in [1.54, 1.807) is 6.92 Å². The molecule has 6 nitrogen and oxygen atoms in total. The summed E-state index contributed by atoms with van der Waals surface area (Å²) in [5.41, 5.74) is -0.464. The van der Waals surface area contributed by atoms with E-state index in [0.29, 0.717) is 25.9 Å². The van der Waals surface area contributed by atoms with E-state index in [2.05, 4.69) is 10.1 Å². The molecule has 0 atom stereocenters. The molecule has 1 aliphatic carbocycles. The minimum absolute atomic E-state index is 0.0950. The van der Waals surface area contributed by atoms with Crippen LogP contribution in [0.25, 0.3) is 0 Å². The monoisotopic (exact) mass is 287 g/mol. The third-order valence-electron chi connectivity index (χ3n) is 2.50. The molecule has 1 amide bonds. The van der Waals surface area contributed by atoms with Gasteiger partial charge in [0.15, 0.2) is 0 Å². The third-order valence-corrected chi connectivity index (χ3v) is 2.50. The number of ether oxygens (including phenoxy) is 2. The molecule has 0 radical (unpaired) electrons. The number of rotatable bonds is 3. The predicted molar refractivity (Wildman–Crippen MR) is 74.3 cm³/mol. The van der Waals surface area contributed by atoms with Crippen LogP contribution in [0, 0.1) is 0 Å². The zero-order chi connectivity index (χ0) is 15.6. The van der Waals surface area contributed by atoms with Gasteiger partial charge in [0, 0.05) is 18.9 Å². The highest BCUT2D eigenvalue weighted by atomic mass is 16.6. The smallest absolute Gasteiger partial charge is 0.407 e. The lowest BCUT2D eigenvalue weighted by Crippen LogP contribution is -2.40. The van der Waals surface area contributed by atoms with Gasteiger partial charge in [-0.15, -0.1) is 0 Å². The molecule has 1 N–H and O–H groups in total. The van der Waals surface area contributed by atoms with Gasteiger partial charge in [-0.25, -0.2) is 4.79 Å². The first-order valence-corrected chi connectivity index (χ1v) is 6.85. The topological polar surface area (TPSA) is 81.7 Å². The number of alkyl carbamates (subject to hydrolysis) is 1. The van der Waals surface area contributed by atoms with E-state index < -0.39 is 5.60 Å². The van der Waals surface area contributed by atoms with Crippen molar-refractivity contribution in [1.29, 1.82) is 0 Å². The molecule has 1 rings (SSSR count). The van der Waals surface area contributed by atoms with E-state index in [1.807, 2.05) is 20.8 Å². The molecular weight excluding hydrogens is 262 g/mol. The van der Waals surface area contributed by atoms with E-state index in [-0.39, 0.29) is 17.9 Å². The van der Waals surface area contributed by atoms with Gasteiger partial charge in [-0.05, 0) is 40.5 Å². The molecule has 0 aromatic carbocycles. The highest BCUT2D eigenvalue weighted by Crippen LogP contribution is 2.15. The lowest BCUT2D eigenvalue weighted by molar-refractivity contribution is -0.128. The minimum atomic E-state index is -0.464. The fourth-order valence-electron chi connectivity index (χ4n) is 1.63. The van der Waals surface area contributed by atoms with Crippen LogP contribution in [0.3, 0.4) is 0 Å². The second-order valence-electron chi connectivity index (χ2n) is 5.51. The Labute approximate surface area is 120 Å². The Bertz CT molecular complexity index is 312. The van der Waals surface area contributed by atoms with Crippen LogP contribution >= 0.6 is 0 Å². The third kappa shape index (κ3) is 10.3. The number of amides is 1. The predicted octanol–water partition coefficient (Wildman–Crippen LogP) is 2.20. The first-order valence-electron chi connectivity index (χ1n) is 6.85. The van der Waals surface area contributed by atoms with Gasteiger partial charge < -0.3 is 14.8 Å². The number of hydrogen-bond donors (Lipinski definition) is 1. The molecule has 0 unspecified atom stereocenters. The van der Waals surface area contributed by atoms with Crippen LogP contribution in [0.15, 0.2) is 0 Å². The van der Waals surface area contributed by atoms with E-state index in [0.717, 1.165) is 12.8 Å². The van der Waals surface area contributed by atoms with Gasteiger partial charge in [0.2, 0.25) is 0 Å². The molecule has 1 fully saturated rings. The van der Waals surface area contributed by atoms with Crippen molar-refractivity contribution in [2.75, 3.05) is 6.61 Å². The Morgan fingerprint density at radius 2 is 1.90 bits per heavy atom. The van der Waals surface area contributed by atoms with E-state index in [4.69, 9.17) is 4.74 Å². The van der Waals surface area contributed by atoms with Gasteiger partial charge in [-0.3, -0.25) is 9.59 Å². The number of carbonyl (C=O) groups is 3. The molecule has 6 heteroatoms. The van der Waals surface area contributed by atoms with Crippen LogP contribution in [0.1, 0.15) is 53.4 Å². The van der Waals surface area contributed by atoms with Gasteiger partial charge >= 0.3 is 6.09 Å². The summed E-state index contributed by atoms with van der Waals surface area (Å²) < 4.78 is 9.29. The van der Waals surface area contributed by atoms with Gasteiger partial charge in [-0.1, -0.05) is 0 Å². The normalized spacial score (nSPS) is 15.7. The average Bonchev–Trinajstić information content (AvgIpc) is 2.31. The molecule has 20 heavy (non-hydrogen) atoms. The number of Topliss-reactive ketones (excluding diaryl/α,β-unsaturated/α-hetero) is 1. The lowest BCUT2D eigenvalue weighted by Gasteiger charge is -2.25. The summed E-state index contributed by atoms with van der Waals surface area (Å²) in [6.45, 7) is 8.16. The Hall–Kier alpha value is -1.59. The van der Waals surface area contributed by atoms with Crippen LogP contribution < -0.4 is 5.32 Å². The van der Waals surface area contributed by atoms with Gasteiger partial charge in [0.05, 0.1) is 6.61 Å². The number of nitrogens with one attached hydrogen (secondary N) is 1. The minimum Gasteiger partial charge on any atom is -0.468 e. The molecule has 116 valence electrons. The number of hydrogen-bond acceptors (Lipinski definition) is 5. The number of carbonyl (C=O) groups excluding carboxylic acids is 3. The molecule has 0 aromatic rings. The Kier molecular flexibility index (Phi) is 8.59. The van der Waals surface area contributed by atoms with Crippen molar-refractivity contribution in [1.82, 2.24) is 5.32 Å². The molecule has 0 aromatic heterocycles. The van der Waals surface area contributed by atoms with Crippen molar-refractivity contribution < 1.29 is 23.9 Å². The van der Waals surface area contributed by atoms with Gasteiger partial charge in [-0.2, -0.15) is 0 Å². The summed E-state index contributed by atoms with van der Waals surface area (Å²) in [5, 5.41) is 2.78. The van der Waals surface area contributed by atoms with Crippen molar-refractivity contribution in [2.45, 2.75) is 65.0 Å². The van der Waals surface area contributed by atoms with Crippen LogP contribution in [0.2, 0.25) is 0 Å². The summed E-state index contributed by atoms with van der Waals surface area (Å²) in [6.07, 6.45) is 2.22. The SMILES string of the molecule is CC(C)(C)OC(=O)NC1CCC(=O)CC1.CCOC=O. The van der Waals surface area contributed by atoms with Gasteiger partial charge in [0.25, 0.3) is 6.47 Å². The quantitative estimate of drug-likeness (QED) is 0.805. The second-order valence-corrected chi connectivity index (χ2v) is 5.51. The van der Waals surface area contributed by atoms with Crippen molar-refractivity contribution in [3.8, 4) is 0 Å². The van der Waals surface area contributed by atoms with Crippen molar-refractivity contribution >= 4 is 18.3 Å². The van der Waals surface area contributed by atoms with Crippen LogP contribution in [-0.2, 0) is 19.1 Å². The van der Waals surface area contributed by atoms with Gasteiger partial charge in [0.1, 0.15) is 11.4 Å². The molecule has 0 bridgehead atoms. The molecule has 0 heterocycles. The van der Waals surface area contributed by atoms with E-state index in [9.17, 15) is 14.4 Å². The van der Waals surface area contributed by atoms with Crippen LogP contribution in [0.4, 0.5) is 4.79 Å². The average molecular weight is 287 g/mol. The highest BCUT2D eigenvalue weighted by molar-refractivity contribution is 5.79. The first-order chi connectivity index (χ1) is 9.28. The molecular formula is C14H25NO5. The maximum atomic E-state index is 11.4. The lowest BCUT2D eigenvalue weighted by atomic mass is 9.95. The van der Waals surface area contributed by atoms with Crippen LogP contribution in [0.5, 0.6) is 0 Å². The Morgan fingerprint density at radius 3 is 2.25 bits per heavy atom. The first kappa shape index (κ1) is 18.4.